The lowest BCUT2D eigenvalue weighted by atomic mass is 9.99. The van der Waals surface area contributed by atoms with Gasteiger partial charge in [-0.05, 0) is 32.2 Å². The highest BCUT2D eigenvalue weighted by Crippen LogP contribution is 2.17. The van der Waals surface area contributed by atoms with Crippen molar-refractivity contribution in [2.45, 2.75) is 32.7 Å². The number of hydrogen-bond acceptors (Lipinski definition) is 2. The van der Waals surface area contributed by atoms with Crippen LogP contribution in [0.2, 0.25) is 0 Å². The molecule has 1 heterocycles. The van der Waals surface area contributed by atoms with Crippen LogP contribution in [0.5, 0.6) is 0 Å². The number of rotatable bonds is 5. The molecule has 2 atom stereocenters. The zero-order chi connectivity index (χ0) is 12.7. The monoisotopic (exact) mass is 238 g/mol. The van der Waals surface area contributed by atoms with Crippen molar-refractivity contribution in [2.75, 3.05) is 26.2 Å². The maximum atomic E-state index is 5.74. The van der Waals surface area contributed by atoms with Crippen molar-refractivity contribution < 1.29 is 0 Å². The van der Waals surface area contributed by atoms with E-state index in [1.807, 2.05) is 0 Å². The molecule has 4 heteroatoms. The Balaban J connectivity index is 2.32. The lowest BCUT2D eigenvalue weighted by Gasteiger charge is -2.34. The second kappa shape index (κ2) is 7.33. The summed E-state index contributed by atoms with van der Waals surface area (Å²) in [6.07, 6.45) is 4.44. The standard InChI is InChI=1S/C13H26N4/c1-4-7-15-13(14)16-9-12(3)17-8-5-6-11(2)10-17/h4,11-12H,1,5-10H2,2-3H3,(H3,14,15,16). The lowest BCUT2D eigenvalue weighted by Crippen LogP contribution is -2.42. The molecule has 0 saturated carbocycles. The number of hydrogen-bond donors (Lipinski definition) is 2. The molecule has 4 nitrogen and oxygen atoms in total. The Bertz CT molecular complexity index is 262. The first kappa shape index (κ1) is 14.0. The molecule has 0 radical (unpaired) electrons. The topological polar surface area (TPSA) is 53.6 Å². The largest absolute Gasteiger partial charge is 0.370 e. The predicted molar refractivity (Wildman–Crippen MR) is 74.1 cm³/mol. The van der Waals surface area contributed by atoms with Gasteiger partial charge >= 0.3 is 0 Å². The second-order valence-corrected chi connectivity index (χ2v) is 4.99. The Morgan fingerprint density at radius 3 is 3.12 bits per heavy atom. The van der Waals surface area contributed by atoms with Gasteiger partial charge in [0.25, 0.3) is 0 Å². The summed E-state index contributed by atoms with van der Waals surface area (Å²) in [6, 6.07) is 0.474. The fourth-order valence-corrected chi connectivity index (χ4v) is 2.20. The average Bonchev–Trinajstić information content (AvgIpc) is 2.33. The van der Waals surface area contributed by atoms with Gasteiger partial charge in [-0.3, -0.25) is 9.89 Å². The maximum absolute atomic E-state index is 5.74. The summed E-state index contributed by atoms with van der Waals surface area (Å²) in [5.41, 5.74) is 5.74. The third kappa shape index (κ3) is 5.22. The molecule has 2 unspecified atom stereocenters. The van der Waals surface area contributed by atoms with Gasteiger partial charge in [-0.2, -0.15) is 0 Å². The number of guanidine groups is 1. The van der Waals surface area contributed by atoms with Crippen LogP contribution in [0.15, 0.2) is 17.6 Å². The van der Waals surface area contributed by atoms with Gasteiger partial charge in [0.2, 0.25) is 0 Å². The van der Waals surface area contributed by atoms with Gasteiger partial charge in [-0.25, -0.2) is 0 Å². The van der Waals surface area contributed by atoms with Crippen molar-refractivity contribution in [1.82, 2.24) is 10.2 Å². The Hall–Kier alpha value is -1.03. The van der Waals surface area contributed by atoms with Crippen LogP contribution in [0.25, 0.3) is 0 Å². The molecule has 1 saturated heterocycles. The summed E-state index contributed by atoms with van der Waals surface area (Å²) in [5.74, 6) is 1.33. The fraction of sp³-hybridized carbons (Fsp3) is 0.769. The molecule has 0 aromatic heterocycles. The molecule has 0 bridgehead atoms. The van der Waals surface area contributed by atoms with Gasteiger partial charge in [0.15, 0.2) is 5.96 Å². The molecule has 0 aliphatic carbocycles. The highest BCUT2D eigenvalue weighted by molar-refractivity contribution is 5.77. The SMILES string of the molecule is C=CCNC(N)=NCC(C)N1CCCC(C)C1. The molecule has 0 aromatic rings. The van der Waals surface area contributed by atoms with Crippen molar-refractivity contribution >= 4 is 5.96 Å². The van der Waals surface area contributed by atoms with Crippen LogP contribution in [-0.4, -0.2) is 43.1 Å². The number of nitrogens with one attached hydrogen (secondary N) is 1. The average molecular weight is 238 g/mol. The quantitative estimate of drug-likeness (QED) is 0.430. The van der Waals surface area contributed by atoms with E-state index in [4.69, 9.17) is 5.73 Å². The molecule has 1 fully saturated rings. The summed E-state index contributed by atoms with van der Waals surface area (Å²) in [7, 11) is 0. The van der Waals surface area contributed by atoms with Gasteiger partial charge < -0.3 is 11.1 Å². The molecule has 0 spiro atoms. The van der Waals surface area contributed by atoms with Crippen LogP contribution >= 0.6 is 0 Å². The third-order valence-corrected chi connectivity index (χ3v) is 3.27. The Labute approximate surface area is 105 Å². The molecular weight excluding hydrogens is 212 g/mol. The van der Waals surface area contributed by atoms with Gasteiger partial charge in [0.1, 0.15) is 0 Å². The van der Waals surface area contributed by atoms with Crippen molar-refractivity contribution in [2.24, 2.45) is 16.6 Å². The number of nitrogens with zero attached hydrogens (tertiary/aromatic N) is 2. The van der Waals surface area contributed by atoms with Crippen molar-refractivity contribution in [1.29, 1.82) is 0 Å². The Morgan fingerprint density at radius 2 is 2.47 bits per heavy atom. The van der Waals surface area contributed by atoms with Gasteiger partial charge in [0.05, 0.1) is 6.54 Å². The molecular formula is C13H26N4. The Morgan fingerprint density at radius 1 is 1.71 bits per heavy atom. The number of aliphatic imine (C=N–C) groups is 1. The number of piperidine rings is 1. The minimum Gasteiger partial charge on any atom is -0.370 e. The zero-order valence-electron chi connectivity index (χ0n) is 11.2. The van der Waals surface area contributed by atoms with Crippen LogP contribution in [0.4, 0.5) is 0 Å². The smallest absolute Gasteiger partial charge is 0.188 e. The first-order chi connectivity index (χ1) is 8.13. The minimum absolute atomic E-state index is 0.474. The summed E-state index contributed by atoms with van der Waals surface area (Å²) in [6.45, 7) is 12.0. The first-order valence-corrected chi connectivity index (χ1v) is 6.52. The highest BCUT2D eigenvalue weighted by Gasteiger charge is 2.20. The van der Waals surface area contributed by atoms with Crippen LogP contribution in [-0.2, 0) is 0 Å². The van der Waals surface area contributed by atoms with Gasteiger partial charge in [0, 0.05) is 19.1 Å². The summed E-state index contributed by atoms with van der Waals surface area (Å²) < 4.78 is 0. The van der Waals surface area contributed by atoms with E-state index in [1.165, 1.54) is 25.9 Å². The van der Waals surface area contributed by atoms with Gasteiger partial charge in [-0.15, -0.1) is 6.58 Å². The third-order valence-electron chi connectivity index (χ3n) is 3.27. The van der Waals surface area contributed by atoms with E-state index in [2.05, 4.69) is 35.6 Å². The molecule has 0 aromatic carbocycles. The van der Waals surface area contributed by atoms with Gasteiger partial charge in [-0.1, -0.05) is 13.0 Å². The fourth-order valence-electron chi connectivity index (χ4n) is 2.20. The van der Waals surface area contributed by atoms with E-state index in [0.717, 1.165) is 12.5 Å². The van der Waals surface area contributed by atoms with Crippen LogP contribution in [0.3, 0.4) is 0 Å². The number of likely N-dealkylation sites (tertiary alicyclic amines) is 1. The molecule has 1 aliphatic rings. The normalized spacial score (nSPS) is 24.4. The second-order valence-electron chi connectivity index (χ2n) is 4.99. The molecule has 0 amide bonds. The van der Waals surface area contributed by atoms with Crippen molar-refractivity contribution in [3.05, 3.63) is 12.7 Å². The first-order valence-electron chi connectivity index (χ1n) is 6.52. The molecule has 1 rings (SSSR count). The Kier molecular flexibility index (Phi) is 6.05. The summed E-state index contributed by atoms with van der Waals surface area (Å²) in [5, 5.41) is 2.99. The molecule has 98 valence electrons. The van der Waals surface area contributed by atoms with E-state index in [9.17, 15) is 0 Å². The van der Waals surface area contributed by atoms with Crippen LogP contribution in [0, 0.1) is 5.92 Å². The molecule has 3 N–H and O–H groups in total. The molecule has 1 aliphatic heterocycles. The summed E-state index contributed by atoms with van der Waals surface area (Å²) in [4.78, 5) is 6.87. The highest BCUT2D eigenvalue weighted by atomic mass is 15.2. The summed E-state index contributed by atoms with van der Waals surface area (Å²) >= 11 is 0. The number of nitrogens with two attached hydrogens (primary N) is 1. The van der Waals surface area contributed by atoms with E-state index in [0.29, 0.717) is 18.5 Å². The van der Waals surface area contributed by atoms with Crippen molar-refractivity contribution in [3.8, 4) is 0 Å². The van der Waals surface area contributed by atoms with Crippen molar-refractivity contribution in [3.63, 3.8) is 0 Å². The van der Waals surface area contributed by atoms with E-state index in [1.54, 1.807) is 6.08 Å². The van der Waals surface area contributed by atoms with Crippen LogP contribution in [0.1, 0.15) is 26.7 Å². The zero-order valence-corrected chi connectivity index (χ0v) is 11.2. The predicted octanol–water partition coefficient (Wildman–Crippen LogP) is 1.20. The van der Waals surface area contributed by atoms with E-state index < -0.39 is 0 Å². The maximum Gasteiger partial charge on any atom is 0.188 e. The van der Waals surface area contributed by atoms with E-state index >= 15 is 0 Å². The van der Waals surface area contributed by atoms with E-state index in [-0.39, 0.29) is 0 Å². The minimum atomic E-state index is 0.474. The van der Waals surface area contributed by atoms with Crippen LogP contribution < -0.4 is 11.1 Å². The lowest BCUT2D eigenvalue weighted by molar-refractivity contribution is 0.142. The molecule has 17 heavy (non-hydrogen) atoms.